The number of likely N-dealkylation sites (N-methyl/N-ethyl adjacent to an activating group) is 1. The molecule has 1 N–H and O–H groups in total. The molecule has 1 fully saturated rings. The maximum atomic E-state index is 12.7. The Labute approximate surface area is 153 Å². The molecule has 1 aliphatic rings. The Hall–Kier alpha value is -1.59. The molecule has 0 aromatic heterocycles. The summed E-state index contributed by atoms with van der Waals surface area (Å²) in [5, 5.41) is 3.10. The van der Waals surface area contributed by atoms with E-state index < -0.39 is 0 Å². The number of rotatable bonds is 6. The van der Waals surface area contributed by atoms with Gasteiger partial charge in [0.05, 0.1) is 0 Å². The highest BCUT2D eigenvalue weighted by Gasteiger charge is 2.19. The van der Waals surface area contributed by atoms with Crippen LogP contribution in [0.4, 0.5) is 4.79 Å². The molecule has 1 aliphatic heterocycles. The quantitative estimate of drug-likeness (QED) is 0.860. The summed E-state index contributed by atoms with van der Waals surface area (Å²) < 4.78 is 0. The zero-order chi connectivity index (χ0) is 18.3. The first-order valence-corrected chi connectivity index (χ1v) is 9.31. The van der Waals surface area contributed by atoms with Gasteiger partial charge in [-0.05, 0) is 18.0 Å². The van der Waals surface area contributed by atoms with Crippen LogP contribution in [0.5, 0.6) is 0 Å². The average molecular weight is 347 g/mol. The first kappa shape index (κ1) is 19.7. The molecule has 1 saturated heterocycles. The number of piperazine rings is 1. The minimum Gasteiger partial charge on any atom is -0.337 e. The monoisotopic (exact) mass is 346 g/mol. The molecule has 2 rings (SSSR count). The lowest BCUT2D eigenvalue weighted by Gasteiger charge is -2.34. The SMILES string of the molecule is CN1CCN(CCN(Cc2ccccc2)C(=O)NCC(C)(C)C)CC1. The normalized spacial score (nSPS) is 16.6. The number of carbonyl (C=O) groups is 1. The molecule has 5 nitrogen and oxygen atoms in total. The maximum Gasteiger partial charge on any atom is 0.317 e. The van der Waals surface area contributed by atoms with Crippen molar-refractivity contribution in [1.29, 1.82) is 0 Å². The lowest BCUT2D eigenvalue weighted by Crippen LogP contribution is -2.49. The Morgan fingerprint density at radius 2 is 1.76 bits per heavy atom. The van der Waals surface area contributed by atoms with Crippen molar-refractivity contribution < 1.29 is 4.79 Å². The fraction of sp³-hybridized carbons (Fsp3) is 0.650. The summed E-state index contributed by atoms with van der Waals surface area (Å²) in [4.78, 5) is 19.5. The predicted octanol–water partition coefficient (Wildman–Crippen LogP) is 2.49. The maximum absolute atomic E-state index is 12.7. The molecule has 1 aromatic carbocycles. The van der Waals surface area contributed by atoms with E-state index in [-0.39, 0.29) is 11.4 Å². The third-order valence-corrected chi connectivity index (χ3v) is 4.56. The van der Waals surface area contributed by atoms with Gasteiger partial charge in [0.15, 0.2) is 0 Å². The van der Waals surface area contributed by atoms with E-state index in [0.717, 1.165) is 39.3 Å². The number of amides is 2. The van der Waals surface area contributed by atoms with E-state index >= 15 is 0 Å². The Bertz CT molecular complexity index is 518. The molecule has 25 heavy (non-hydrogen) atoms. The molecule has 5 heteroatoms. The van der Waals surface area contributed by atoms with Gasteiger partial charge in [-0.2, -0.15) is 0 Å². The van der Waals surface area contributed by atoms with Gasteiger partial charge in [-0.3, -0.25) is 4.90 Å². The van der Waals surface area contributed by atoms with Crippen LogP contribution in [0.3, 0.4) is 0 Å². The van der Waals surface area contributed by atoms with Gasteiger partial charge < -0.3 is 15.1 Å². The smallest absolute Gasteiger partial charge is 0.317 e. The average Bonchev–Trinajstić information content (AvgIpc) is 2.58. The summed E-state index contributed by atoms with van der Waals surface area (Å²) in [6, 6.07) is 10.3. The second-order valence-corrected chi connectivity index (χ2v) is 8.27. The van der Waals surface area contributed by atoms with Crippen LogP contribution in [0.2, 0.25) is 0 Å². The van der Waals surface area contributed by atoms with Crippen molar-refractivity contribution in [3.8, 4) is 0 Å². The van der Waals surface area contributed by atoms with E-state index in [9.17, 15) is 4.79 Å². The van der Waals surface area contributed by atoms with E-state index in [0.29, 0.717) is 13.1 Å². The van der Waals surface area contributed by atoms with Gasteiger partial charge in [-0.25, -0.2) is 4.79 Å². The third-order valence-electron chi connectivity index (χ3n) is 4.56. The van der Waals surface area contributed by atoms with Gasteiger partial charge in [0.2, 0.25) is 0 Å². The number of nitrogens with one attached hydrogen (secondary N) is 1. The molecule has 0 aliphatic carbocycles. The van der Waals surface area contributed by atoms with Gasteiger partial charge >= 0.3 is 6.03 Å². The zero-order valence-electron chi connectivity index (χ0n) is 16.3. The van der Waals surface area contributed by atoms with Gasteiger partial charge in [-0.1, -0.05) is 51.1 Å². The lowest BCUT2D eigenvalue weighted by molar-refractivity contribution is 0.135. The topological polar surface area (TPSA) is 38.8 Å². The highest BCUT2D eigenvalue weighted by Crippen LogP contribution is 2.11. The second kappa shape index (κ2) is 9.20. The van der Waals surface area contributed by atoms with Crippen LogP contribution in [0.15, 0.2) is 30.3 Å². The summed E-state index contributed by atoms with van der Waals surface area (Å²) in [6.07, 6.45) is 0. The van der Waals surface area contributed by atoms with E-state index in [1.54, 1.807) is 0 Å². The van der Waals surface area contributed by atoms with Gasteiger partial charge in [0.1, 0.15) is 0 Å². The van der Waals surface area contributed by atoms with Gasteiger partial charge in [0, 0.05) is 52.4 Å². The van der Waals surface area contributed by atoms with E-state index in [1.807, 2.05) is 23.1 Å². The number of hydrogen-bond donors (Lipinski definition) is 1. The van der Waals surface area contributed by atoms with Crippen LogP contribution in [-0.2, 0) is 6.54 Å². The summed E-state index contributed by atoms with van der Waals surface area (Å²) >= 11 is 0. The van der Waals surface area contributed by atoms with Crippen LogP contribution in [0.1, 0.15) is 26.3 Å². The zero-order valence-corrected chi connectivity index (χ0v) is 16.3. The van der Waals surface area contributed by atoms with Crippen LogP contribution >= 0.6 is 0 Å². The molecular formula is C20H34N4O. The van der Waals surface area contributed by atoms with Crippen LogP contribution in [0.25, 0.3) is 0 Å². The lowest BCUT2D eigenvalue weighted by atomic mass is 9.97. The Morgan fingerprint density at radius 1 is 1.12 bits per heavy atom. The predicted molar refractivity (Wildman–Crippen MR) is 104 cm³/mol. The molecule has 0 bridgehead atoms. The standard InChI is InChI=1S/C20H34N4O/c1-20(2,3)17-21-19(25)24(16-18-8-6-5-7-9-18)15-14-23-12-10-22(4)11-13-23/h5-9H,10-17H2,1-4H3,(H,21,25). The van der Waals surface area contributed by atoms with Crippen molar-refractivity contribution in [2.24, 2.45) is 5.41 Å². The van der Waals surface area contributed by atoms with Crippen molar-refractivity contribution in [2.45, 2.75) is 27.3 Å². The largest absolute Gasteiger partial charge is 0.337 e. The summed E-state index contributed by atoms with van der Waals surface area (Å²) in [5.74, 6) is 0. The summed E-state index contributed by atoms with van der Waals surface area (Å²) in [7, 11) is 2.17. The Kier molecular flexibility index (Phi) is 7.26. The van der Waals surface area contributed by atoms with E-state index in [2.05, 4.69) is 55.1 Å². The molecular weight excluding hydrogens is 312 g/mol. The van der Waals surface area contributed by atoms with Gasteiger partial charge in [0.25, 0.3) is 0 Å². The number of urea groups is 1. The summed E-state index contributed by atoms with van der Waals surface area (Å²) in [6.45, 7) is 13.8. The molecule has 0 unspecified atom stereocenters. The molecule has 0 saturated carbocycles. The first-order chi connectivity index (χ1) is 11.8. The van der Waals surface area contributed by atoms with E-state index in [4.69, 9.17) is 0 Å². The number of nitrogens with zero attached hydrogens (tertiary/aromatic N) is 3. The minimum atomic E-state index is 0.0351. The van der Waals surface area contributed by atoms with Crippen molar-refractivity contribution in [1.82, 2.24) is 20.0 Å². The highest BCUT2D eigenvalue weighted by atomic mass is 16.2. The second-order valence-electron chi connectivity index (χ2n) is 8.27. The fourth-order valence-corrected chi connectivity index (χ4v) is 2.84. The number of carbonyl (C=O) groups excluding carboxylic acids is 1. The number of benzene rings is 1. The molecule has 1 aromatic rings. The molecule has 0 atom stereocenters. The van der Waals surface area contributed by atoms with Crippen molar-refractivity contribution >= 4 is 6.03 Å². The third kappa shape index (κ3) is 7.45. The van der Waals surface area contributed by atoms with Crippen molar-refractivity contribution in [2.75, 3.05) is 52.9 Å². The van der Waals surface area contributed by atoms with Gasteiger partial charge in [-0.15, -0.1) is 0 Å². The van der Waals surface area contributed by atoms with E-state index in [1.165, 1.54) is 5.56 Å². The molecule has 2 amide bonds. The molecule has 0 spiro atoms. The Balaban J connectivity index is 1.92. The highest BCUT2D eigenvalue weighted by molar-refractivity contribution is 5.74. The summed E-state index contributed by atoms with van der Waals surface area (Å²) in [5.41, 5.74) is 1.26. The minimum absolute atomic E-state index is 0.0351. The molecule has 1 heterocycles. The molecule has 0 radical (unpaired) electrons. The fourth-order valence-electron chi connectivity index (χ4n) is 2.84. The first-order valence-electron chi connectivity index (χ1n) is 9.31. The van der Waals surface area contributed by atoms with Crippen LogP contribution < -0.4 is 5.32 Å². The Morgan fingerprint density at radius 3 is 2.36 bits per heavy atom. The van der Waals surface area contributed by atoms with Crippen molar-refractivity contribution in [3.63, 3.8) is 0 Å². The van der Waals surface area contributed by atoms with Crippen LogP contribution in [0, 0.1) is 5.41 Å². The molecule has 140 valence electrons. The number of hydrogen-bond acceptors (Lipinski definition) is 3. The van der Waals surface area contributed by atoms with Crippen molar-refractivity contribution in [3.05, 3.63) is 35.9 Å². The van der Waals surface area contributed by atoms with Crippen LogP contribution in [-0.4, -0.2) is 73.6 Å².